The number of hydroxylamine groups is 2. The average Bonchev–Trinajstić information content (AvgIpc) is 2.49. The Morgan fingerprint density at radius 3 is 2.21 bits per heavy atom. The summed E-state index contributed by atoms with van der Waals surface area (Å²) in [7, 11) is 1.58. The summed E-state index contributed by atoms with van der Waals surface area (Å²) in [5.74, 6) is -0.777. The summed E-state index contributed by atoms with van der Waals surface area (Å²) in [4.78, 5) is 42.4. The molecule has 0 aromatic carbocycles. The fourth-order valence-corrected chi connectivity index (χ4v) is 2.31. The largest absolute Gasteiger partial charge is 0.444 e. The van der Waals surface area contributed by atoms with Gasteiger partial charge in [0.2, 0.25) is 11.8 Å². The molecule has 0 aliphatic carbocycles. The van der Waals surface area contributed by atoms with Gasteiger partial charge in [0, 0.05) is 32.6 Å². The molecule has 3 N–H and O–H groups in total. The zero-order valence-corrected chi connectivity index (χ0v) is 14.8. The van der Waals surface area contributed by atoms with Gasteiger partial charge in [0.25, 0.3) is 0 Å². The van der Waals surface area contributed by atoms with Crippen molar-refractivity contribution < 1.29 is 24.0 Å². The van der Waals surface area contributed by atoms with Crippen LogP contribution in [0.1, 0.15) is 33.6 Å². The van der Waals surface area contributed by atoms with Crippen molar-refractivity contribution >= 4 is 17.9 Å². The molecule has 3 amide bonds. The Hall–Kier alpha value is -1.87. The van der Waals surface area contributed by atoms with E-state index in [0.717, 1.165) is 0 Å². The molecule has 0 aromatic heterocycles. The van der Waals surface area contributed by atoms with Gasteiger partial charge in [0.05, 0.1) is 7.11 Å². The Morgan fingerprint density at radius 2 is 1.75 bits per heavy atom. The molecule has 9 heteroatoms. The number of carbonyl (C=O) groups excluding carboxylic acids is 3. The lowest BCUT2D eigenvalue weighted by molar-refractivity contribution is -0.162. The van der Waals surface area contributed by atoms with E-state index in [1.807, 2.05) is 0 Å². The van der Waals surface area contributed by atoms with Crippen LogP contribution in [0, 0.1) is 0 Å². The van der Waals surface area contributed by atoms with E-state index in [0.29, 0.717) is 26.2 Å². The quantitative estimate of drug-likeness (QED) is 0.693. The third-order valence-electron chi connectivity index (χ3n) is 3.48. The van der Waals surface area contributed by atoms with Crippen molar-refractivity contribution in [3.8, 4) is 0 Å². The molecule has 0 unspecified atom stereocenters. The summed E-state index contributed by atoms with van der Waals surface area (Å²) in [5.41, 5.74) is 4.48. The smallest absolute Gasteiger partial charge is 0.408 e. The highest BCUT2D eigenvalue weighted by Gasteiger charge is 2.30. The molecule has 1 saturated heterocycles. The van der Waals surface area contributed by atoms with Gasteiger partial charge in [-0.25, -0.2) is 4.79 Å². The predicted molar refractivity (Wildman–Crippen MR) is 86.7 cm³/mol. The second-order valence-corrected chi connectivity index (χ2v) is 6.64. The molecule has 0 radical (unpaired) electrons. The minimum Gasteiger partial charge on any atom is -0.444 e. The Kier molecular flexibility index (Phi) is 7.43. The molecule has 24 heavy (non-hydrogen) atoms. The van der Waals surface area contributed by atoms with Gasteiger partial charge in [-0.1, -0.05) is 0 Å². The summed E-state index contributed by atoms with van der Waals surface area (Å²) >= 11 is 0. The fourth-order valence-electron chi connectivity index (χ4n) is 2.31. The topological polar surface area (TPSA) is 114 Å². The number of nitrogens with one attached hydrogen (secondary N) is 1. The average molecular weight is 344 g/mol. The lowest BCUT2D eigenvalue weighted by atomic mass is 10.1. The van der Waals surface area contributed by atoms with Crippen molar-refractivity contribution in [3.05, 3.63) is 0 Å². The number of rotatable bonds is 6. The molecular weight excluding hydrogens is 316 g/mol. The monoisotopic (exact) mass is 344 g/mol. The summed E-state index contributed by atoms with van der Waals surface area (Å²) in [6.45, 7) is 7.32. The Labute approximate surface area is 142 Å². The Morgan fingerprint density at radius 1 is 1.17 bits per heavy atom. The summed E-state index contributed by atoms with van der Waals surface area (Å²) < 4.78 is 5.18. The van der Waals surface area contributed by atoms with Crippen molar-refractivity contribution in [2.24, 2.45) is 5.73 Å². The first-order chi connectivity index (χ1) is 11.1. The molecule has 0 saturated carbocycles. The van der Waals surface area contributed by atoms with E-state index < -0.39 is 23.6 Å². The molecule has 1 rings (SSSR count). The highest BCUT2D eigenvalue weighted by molar-refractivity contribution is 5.86. The van der Waals surface area contributed by atoms with Crippen molar-refractivity contribution in [3.63, 3.8) is 0 Å². The molecule has 1 aliphatic rings. The first kappa shape index (κ1) is 20.2. The highest BCUT2D eigenvalue weighted by Crippen LogP contribution is 2.10. The maximum Gasteiger partial charge on any atom is 0.408 e. The number of hydrogen-bond acceptors (Lipinski definition) is 6. The molecule has 1 atom stereocenters. The van der Waals surface area contributed by atoms with E-state index in [9.17, 15) is 14.4 Å². The molecule has 138 valence electrons. The van der Waals surface area contributed by atoms with E-state index >= 15 is 0 Å². The fraction of sp³-hybridized carbons (Fsp3) is 0.800. The lowest BCUT2D eigenvalue weighted by Gasteiger charge is -2.35. The Balaban J connectivity index is 2.68. The van der Waals surface area contributed by atoms with Crippen LogP contribution in [0.3, 0.4) is 0 Å². The number of ether oxygens (including phenoxy) is 1. The molecule has 0 spiro atoms. The summed E-state index contributed by atoms with van der Waals surface area (Å²) in [5, 5.41) is 4.30. The van der Waals surface area contributed by atoms with Gasteiger partial charge in [-0.15, -0.1) is 0 Å². The van der Waals surface area contributed by atoms with Gasteiger partial charge in [-0.3, -0.25) is 9.59 Å². The predicted octanol–water partition coefficient (Wildman–Crippen LogP) is -0.149. The molecule has 0 bridgehead atoms. The number of piperazine rings is 1. The van der Waals surface area contributed by atoms with Crippen LogP contribution >= 0.6 is 0 Å². The normalized spacial score (nSPS) is 17.2. The third-order valence-corrected chi connectivity index (χ3v) is 3.48. The van der Waals surface area contributed by atoms with Crippen LogP contribution in [0.15, 0.2) is 0 Å². The number of primary amides is 1. The van der Waals surface area contributed by atoms with Gasteiger partial charge in [0.15, 0.2) is 0 Å². The van der Waals surface area contributed by atoms with E-state index in [1.54, 1.807) is 37.8 Å². The van der Waals surface area contributed by atoms with Crippen molar-refractivity contribution in [2.45, 2.75) is 45.3 Å². The van der Waals surface area contributed by atoms with Gasteiger partial charge >= 0.3 is 6.09 Å². The Bertz CT molecular complexity index is 455. The SMILES string of the molecule is CON1CCN(C(=O)[C@H](CCC(N)=O)NC(=O)OC(C)(C)C)CC1. The minimum absolute atomic E-state index is 0.00421. The first-order valence-corrected chi connectivity index (χ1v) is 7.98. The van der Waals surface area contributed by atoms with Crippen LogP contribution in [-0.2, 0) is 19.2 Å². The maximum absolute atomic E-state index is 12.7. The zero-order valence-electron chi connectivity index (χ0n) is 14.8. The number of carbonyl (C=O) groups is 3. The second kappa shape index (κ2) is 8.84. The molecule has 0 aromatic rings. The van der Waals surface area contributed by atoms with Crippen LogP contribution in [0.2, 0.25) is 0 Å². The first-order valence-electron chi connectivity index (χ1n) is 7.98. The number of nitrogens with two attached hydrogens (primary N) is 1. The summed E-state index contributed by atoms with van der Waals surface area (Å²) in [6.07, 6.45) is -0.553. The van der Waals surface area contributed by atoms with Crippen LogP contribution in [-0.4, -0.2) is 72.8 Å². The summed E-state index contributed by atoms with van der Waals surface area (Å²) in [6, 6.07) is -0.846. The third kappa shape index (κ3) is 7.14. The van der Waals surface area contributed by atoms with Gasteiger partial charge in [-0.2, -0.15) is 5.06 Å². The molecular formula is C15H28N4O5. The van der Waals surface area contributed by atoms with Gasteiger partial charge < -0.3 is 25.5 Å². The maximum atomic E-state index is 12.7. The zero-order chi connectivity index (χ0) is 18.3. The van der Waals surface area contributed by atoms with E-state index in [2.05, 4.69) is 5.32 Å². The van der Waals surface area contributed by atoms with Gasteiger partial charge in [-0.05, 0) is 27.2 Å². The lowest BCUT2D eigenvalue weighted by Crippen LogP contribution is -2.55. The molecule has 1 heterocycles. The molecule has 9 nitrogen and oxygen atoms in total. The minimum atomic E-state index is -0.846. The standard InChI is InChI=1S/C15H28N4O5/c1-15(2,3)24-14(22)17-11(5-6-12(16)20)13(21)18-7-9-19(23-4)10-8-18/h11H,5-10H2,1-4H3,(H2,16,20)(H,17,22)/t11-/m0/s1. The van der Waals surface area contributed by atoms with Crippen molar-refractivity contribution in [1.82, 2.24) is 15.3 Å². The van der Waals surface area contributed by atoms with E-state index in [1.165, 1.54) is 0 Å². The van der Waals surface area contributed by atoms with Crippen LogP contribution in [0.5, 0.6) is 0 Å². The molecule has 1 fully saturated rings. The molecule has 1 aliphatic heterocycles. The number of alkyl carbamates (subject to hydrolysis) is 1. The van der Waals surface area contributed by atoms with Crippen LogP contribution in [0.4, 0.5) is 4.79 Å². The number of nitrogens with zero attached hydrogens (tertiary/aromatic N) is 2. The van der Waals surface area contributed by atoms with E-state index in [4.69, 9.17) is 15.3 Å². The van der Waals surface area contributed by atoms with Crippen LogP contribution in [0.25, 0.3) is 0 Å². The number of hydrogen-bond donors (Lipinski definition) is 2. The van der Waals surface area contributed by atoms with E-state index in [-0.39, 0.29) is 18.7 Å². The highest BCUT2D eigenvalue weighted by atomic mass is 16.7. The number of amides is 3. The van der Waals surface area contributed by atoms with Crippen LogP contribution < -0.4 is 11.1 Å². The van der Waals surface area contributed by atoms with Crippen molar-refractivity contribution in [1.29, 1.82) is 0 Å². The van der Waals surface area contributed by atoms with Crippen molar-refractivity contribution in [2.75, 3.05) is 33.3 Å². The van der Waals surface area contributed by atoms with Gasteiger partial charge in [0.1, 0.15) is 11.6 Å². The second-order valence-electron chi connectivity index (χ2n) is 6.64.